The zero-order chi connectivity index (χ0) is 15.6. The molecule has 21 heavy (non-hydrogen) atoms. The van der Waals surface area contributed by atoms with E-state index in [0.29, 0.717) is 16.6 Å². The first kappa shape index (κ1) is 15.3. The average Bonchev–Trinajstić information content (AvgIpc) is 2.45. The van der Waals surface area contributed by atoms with E-state index in [1.165, 1.54) is 5.56 Å². The van der Waals surface area contributed by atoms with Gasteiger partial charge in [-0.3, -0.25) is 0 Å². The lowest BCUT2D eigenvalue weighted by atomic mass is 10.1. The smallest absolute Gasteiger partial charge is 0.176 e. The number of anilines is 2. The molecule has 2 rings (SSSR count). The minimum Gasteiger partial charge on any atom is -0.506 e. The fraction of sp³-hybridized carbons (Fsp3) is 0.250. The minimum atomic E-state index is 0.232. The fourth-order valence-corrected chi connectivity index (χ4v) is 2.17. The molecular weight excluding hydrogens is 282 g/mol. The van der Waals surface area contributed by atoms with E-state index in [-0.39, 0.29) is 5.75 Å². The van der Waals surface area contributed by atoms with E-state index in [9.17, 15) is 5.11 Å². The number of aromatic hydroxyl groups is 1. The van der Waals surface area contributed by atoms with Crippen molar-refractivity contribution in [1.29, 1.82) is 0 Å². The third kappa shape index (κ3) is 3.49. The zero-order valence-electron chi connectivity index (χ0n) is 12.6. The van der Waals surface area contributed by atoms with Crippen molar-refractivity contribution in [2.45, 2.75) is 27.7 Å². The Morgan fingerprint density at radius 1 is 1.00 bits per heavy atom. The maximum atomic E-state index is 9.87. The van der Waals surface area contributed by atoms with E-state index in [0.717, 1.165) is 16.8 Å². The summed E-state index contributed by atoms with van der Waals surface area (Å²) in [7, 11) is 0. The SMILES string of the molecule is Cc1ccc(NC(=S)Nc2nc(C)c(O)c(C)c2C)cc1. The van der Waals surface area contributed by atoms with Gasteiger partial charge in [-0.05, 0) is 63.2 Å². The Kier molecular flexibility index (Phi) is 4.43. The van der Waals surface area contributed by atoms with Crippen LogP contribution in [0.5, 0.6) is 5.75 Å². The molecule has 0 aliphatic heterocycles. The number of thiocarbonyl (C=S) groups is 1. The Balaban J connectivity index is 2.15. The van der Waals surface area contributed by atoms with E-state index < -0.39 is 0 Å². The Morgan fingerprint density at radius 3 is 2.24 bits per heavy atom. The van der Waals surface area contributed by atoms with Crippen LogP contribution in [0.25, 0.3) is 0 Å². The molecule has 1 aromatic heterocycles. The van der Waals surface area contributed by atoms with E-state index in [4.69, 9.17) is 12.2 Å². The molecule has 0 saturated carbocycles. The summed E-state index contributed by atoms with van der Waals surface area (Å²) in [6, 6.07) is 7.97. The van der Waals surface area contributed by atoms with Crippen LogP contribution in [-0.2, 0) is 0 Å². The van der Waals surface area contributed by atoms with Crippen molar-refractivity contribution in [3.63, 3.8) is 0 Å². The molecule has 0 amide bonds. The Morgan fingerprint density at radius 2 is 1.62 bits per heavy atom. The van der Waals surface area contributed by atoms with Gasteiger partial charge in [0, 0.05) is 5.69 Å². The van der Waals surface area contributed by atoms with Crippen LogP contribution in [0.3, 0.4) is 0 Å². The van der Waals surface area contributed by atoms with Crippen LogP contribution in [-0.4, -0.2) is 15.2 Å². The summed E-state index contributed by atoms with van der Waals surface area (Å²) in [5.41, 5.74) is 4.39. The Labute approximate surface area is 130 Å². The minimum absolute atomic E-state index is 0.232. The summed E-state index contributed by atoms with van der Waals surface area (Å²) in [6.07, 6.45) is 0. The van der Waals surface area contributed by atoms with Gasteiger partial charge in [0.25, 0.3) is 0 Å². The number of rotatable bonds is 2. The van der Waals surface area contributed by atoms with E-state index in [2.05, 4.69) is 15.6 Å². The van der Waals surface area contributed by atoms with E-state index in [1.54, 1.807) is 6.92 Å². The summed E-state index contributed by atoms with van der Waals surface area (Å²) in [6.45, 7) is 7.57. The summed E-state index contributed by atoms with van der Waals surface area (Å²) >= 11 is 5.31. The zero-order valence-corrected chi connectivity index (χ0v) is 13.4. The molecular formula is C16H19N3OS. The van der Waals surface area contributed by atoms with Gasteiger partial charge in [-0.2, -0.15) is 0 Å². The summed E-state index contributed by atoms with van der Waals surface area (Å²) in [5.74, 6) is 0.892. The molecule has 0 radical (unpaired) electrons. The second-order valence-electron chi connectivity index (χ2n) is 5.09. The van der Waals surface area contributed by atoms with Crippen LogP contribution < -0.4 is 10.6 Å². The van der Waals surface area contributed by atoms with Crippen molar-refractivity contribution in [1.82, 2.24) is 4.98 Å². The highest BCUT2D eigenvalue weighted by Crippen LogP contribution is 2.27. The number of hydrogen-bond acceptors (Lipinski definition) is 3. The summed E-state index contributed by atoms with van der Waals surface area (Å²) < 4.78 is 0. The Bertz CT molecular complexity index is 681. The molecule has 2 aromatic rings. The van der Waals surface area contributed by atoms with Crippen molar-refractivity contribution in [3.8, 4) is 5.75 Å². The number of aromatic nitrogens is 1. The van der Waals surface area contributed by atoms with Gasteiger partial charge in [0.15, 0.2) is 5.11 Å². The van der Waals surface area contributed by atoms with E-state index in [1.807, 2.05) is 45.0 Å². The van der Waals surface area contributed by atoms with Crippen molar-refractivity contribution >= 4 is 28.8 Å². The van der Waals surface area contributed by atoms with Crippen LogP contribution in [0.15, 0.2) is 24.3 Å². The maximum Gasteiger partial charge on any atom is 0.176 e. The van der Waals surface area contributed by atoms with Crippen LogP contribution in [0.2, 0.25) is 0 Å². The lowest BCUT2D eigenvalue weighted by molar-refractivity contribution is 0.463. The molecule has 1 heterocycles. The molecule has 0 aliphatic carbocycles. The first-order valence-electron chi connectivity index (χ1n) is 6.70. The third-order valence-electron chi connectivity index (χ3n) is 3.44. The van der Waals surface area contributed by atoms with Crippen LogP contribution in [0.4, 0.5) is 11.5 Å². The van der Waals surface area contributed by atoms with Gasteiger partial charge < -0.3 is 15.7 Å². The second kappa shape index (κ2) is 6.10. The van der Waals surface area contributed by atoms with Crippen LogP contribution >= 0.6 is 12.2 Å². The second-order valence-corrected chi connectivity index (χ2v) is 5.50. The number of benzene rings is 1. The fourth-order valence-electron chi connectivity index (χ4n) is 1.96. The summed E-state index contributed by atoms with van der Waals surface area (Å²) in [4.78, 5) is 4.34. The predicted molar refractivity (Wildman–Crippen MR) is 91.1 cm³/mol. The van der Waals surface area contributed by atoms with Gasteiger partial charge in [0.2, 0.25) is 0 Å². The number of nitrogens with one attached hydrogen (secondary N) is 2. The standard InChI is InChI=1S/C16H19N3OS/c1-9-5-7-13(8-6-9)18-16(21)19-15-11(3)10(2)14(20)12(4)17-15/h5-8,20H,1-4H3,(H2,17,18,19,21). The predicted octanol–water partition coefficient (Wildman–Crippen LogP) is 3.83. The molecule has 0 saturated heterocycles. The maximum absolute atomic E-state index is 9.87. The van der Waals surface area contributed by atoms with Crippen LogP contribution in [0.1, 0.15) is 22.4 Å². The normalized spacial score (nSPS) is 10.3. The van der Waals surface area contributed by atoms with E-state index >= 15 is 0 Å². The van der Waals surface area contributed by atoms with Gasteiger partial charge >= 0.3 is 0 Å². The molecule has 0 aliphatic rings. The lowest BCUT2D eigenvalue weighted by Crippen LogP contribution is -2.20. The molecule has 4 nitrogen and oxygen atoms in total. The quantitative estimate of drug-likeness (QED) is 0.736. The highest BCUT2D eigenvalue weighted by molar-refractivity contribution is 7.80. The van der Waals surface area contributed by atoms with Crippen molar-refractivity contribution in [2.75, 3.05) is 10.6 Å². The van der Waals surface area contributed by atoms with Gasteiger partial charge in [0.1, 0.15) is 11.6 Å². The number of hydrogen-bond donors (Lipinski definition) is 3. The van der Waals surface area contributed by atoms with Crippen molar-refractivity contribution < 1.29 is 5.11 Å². The van der Waals surface area contributed by atoms with Gasteiger partial charge in [-0.15, -0.1) is 0 Å². The molecule has 0 unspecified atom stereocenters. The number of aryl methyl sites for hydroxylation is 2. The molecule has 110 valence electrons. The highest BCUT2D eigenvalue weighted by Gasteiger charge is 2.11. The number of pyridine rings is 1. The van der Waals surface area contributed by atoms with Gasteiger partial charge in [0.05, 0.1) is 5.69 Å². The first-order valence-corrected chi connectivity index (χ1v) is 7.10. The van der Waals surface area contributed by atoms with Crippen LogP contribution in [0, 0.1) is 27.7 Å². The Hall–Kier alpha value is -2.14. The summed E-state index contributed by atoms with van der Waals surface area (Å²) in [5, 5.41) is 16.5. The largest absolute Gasteiger partial charge is 0.506 e. The van der Waals surface area contributed by atoms with Crippen molar-refractivity contribution in [2.24, 2.45) is 0 Å². The lowest BCUT2D eigenvalue weighted by Gasteiger charge is -2.15. The highest BCUT2D eigenvalue weighted by atomic mass is 32.1. The van der Waals surface area contributed by atoms with Gasteiger partial charge in [-0.25, -0.2) is 4.98 Å². The molecule has 5 heteroatoms. The topological polar surface area (TPSA) is 57.2 Å². The first-order chi connectivity index (χ1) is 9.88. The molecule has 0 fully saturated rings. The average molecular weight is 301 g/mol. The third-order valence-corrected chi connectivity index (χ3v) is 3.64. The number of nitrogens with zero attached hydrogens (tertiary/aromatic N) is 1. The molecule has 0 bridgehead atoms. The molecule has 3 N–H and O–H groups in total. The monoisotopic (exact) mass is 301 g/mol. The van der Waals surface area contributed by atoms with Gasteiger partial charge in [-0.1, -0.05) is 17.7 Å². The van der Waals surface area contributed by atoms with Crippen molar-refractivity contribution in [3.05, 3.63) is 46.6 Å². The molecule has 0 atom stereocenters. The molecule has 0 spiro atoms. The molecule has 1 aromatic carbocycles.